The fourth-order valence-electron chi connectivity index (χ4n) is 1.72. The van der Waals surface area contributed by atoms with E-state index in [2.05, 4.69) is 8.92 Å². The van der Waals surface area contributed by atoms with Crippen LogP contribution in [0.4, 0.5) is 17.6 Å². The Balaban J connectivity index is 2.70. The summed E-state index contributed by atoms with van der Waals surface area (Å²) in [6.45, 7) is 1.56. The molecule has 1 aliphatic carbocycles. The maximum atomic E-state index is 13.4. The van der Waals surface area contributed by atoms with Crippen molar-refractivity contribution in [2.24, 2.45) is 5.92 Å². The fraction of sp³-hybridized carbons (Fsp3) is 0.889. The van der Waals surface area contributed by atoms with Gasteiger partial charge in [-0.1, -0.05) is 0 Å². The lowest BCUT2D eigenvalue weighted by Crippen LogP contribution is -2.32. The summed E-state index contributed by atoms with van der Waals surface area (Å²) in [5.74, 6) is -1.77. The second kappa shape index (κ2) is 5.61. The van der Waals surface area contributed by atoms with Crippen molar-refractivity contribution < 1.29 is 39.7 Å². The van der Waals surface area contributed by atoms with Crippen molar-refractivity contribution in [3.63, 3.8) is 0 Å². The van der Waals surface area contributed by atoms with Crippen LogP contribution < -0.4 is 0 Å². The molecule has 0 bridgehead atoms. The van der Waals surface area contributed by atoms with E-state index in [1.165, 1.54) is 6.92 Å². The van der Waals surface area contributed by atoms with Crippen LogP contribution in [0.3, 0.4) is 0 Å². The van der Waals surface area contributed by atoms with Crippen LogP contribution in [0.5, 0.6) is 0 Å². The molecule has 0 aliphatic heterocycles. The molecule has 3 atom stereocenters. The normalized spacial score (nSPS) is 28.4. The Morgan fingerprint density at radius 3 is 2.37 bits per heavy atom. The van der Waals surface area contributed by atoms with E-state index < -0.39 is 52.6 Å². The number of ether oxygens (including phenoxy) is 1. The molecule has 112 valence electrons. The van der Waals surface area contributed by atoms with Gasteiger partial charge in [0.25, 0.3) is 0 Å². The summed E-state index contributed by atoms with van der Waals surface area (Å²) < 4.78 is 79.4. The van der Waals surface area contributed by atoms with Crippen molar-refractivity contribution in [1.82, 2.24) is 0 Å². The second-order valence-corrected chi connectivity index (χ2v) is 5.53. The predicted octanol–water partition coefficient (Wildman–Crippen LogP) is 1.53. The SMILES string of the molecule is CCOC(=O)[C@@H]1C[C@@H](F)[C@H](OS(=O)(=O)C(F)(F)F)C1. The van der Waals surface area contributed by atoms with E-state index in [4.69, 9.17) is 0 Å². The highest BCUT2D eigenvalue weighted by molar-refractivity contribution is 7.87. The van der Waals surface area contributed by atoms with Gasteiger partial charge < -0.3 is 4.74 Å². The lowest BCUT2D eigenvalue weighted by atomic mass is 10.1. The number of carbonyl (C=O) groups is 1. The van der Waals surface area contributed by atoms with E-state index in [1.807, 2.05) is 0 Å². The topological polar surface area (TPSA) is 69.7 Å². The Morgan fingerprint density at radius 2 is 1.89 bits per heavy atom. The molecule has 1 rings (SSSR count). The van der Waals surface area contributed by atoms with Gasteiger partial charge in [-0.2, -0.15) is 21.6 Å². The molecule has 0 amide bonds. The average molecular weight is 308 g/mol. The van der Waals surface area contributed by atoms with Crippen molar-refractivity contribution in [1.29, 1.82) is 0 Å². The molecular weight excluding hydrogens is 296 g/mol. The van der Waals surface area contributed by atoms with Gasteiger partial charge in [0.2, 0.25) is 0 Å². The maximum Gasteiger partial charge on any atom is 0.523 e. The summed E-state index contributed by atoms with van der Waals surface area (Å²) in [4.78, 5) is 11.3. The van der Waals surface area contributed by atoms with Crippen LogP contribution in [0.15, 0.2) is 0 Å². The summed E-state index contributed by atoms with van der Waals surface area (Å²) in [5.41, 5.74) is -5.62. The van der Waals surface area contributed by atoms with Gasteiger partial charge in [0, 0.05) is 0 Å². The Morgan fingerprint density at radius 1 is 1.32 bits per heavy atom. The Kier molecular flexibility index (Phi) is 4.77. The maximum absolute atomic E-state index is 13.4. The van der Waals surface area contributed by atoms with Gasteiger partial charge in [0.05, 0.1) is 12.5 Å². The first kappa shape index (κ1) is 16.2. The number of alkyl halides is 4. The first-order valence-electron chi connectivity index (χ1n) is 5.38. The number of rotatable bonds is 4. The third-order valence-electron chi connectivity index (χ3n) is 2.58. The van der Waals surface area contributed by atoms with Gasteiger partial charge in [-0.05, 0) is 19.8 Å². The highest BCUT2D eigenvalue weighted by Gasteiger charge is 2.51. The van der Waals surface area contributed by atoms with Gasteiger partial charge in [0.1, 0.15) is 12.3 Å². The van der Waals surface area contributed by atoms with Gasteiger partial charge in [-0.25, -0.2) is 4.39 Å². The van der Waals surface area contributed by atoms with Crippen molar-refractivity contribution in [2.75, 3.05) is 6.61 Å². The van der Waals surface area contributed by atoms with E-state index in [0.29, 0.717) is 0 Å². The summed E-state index contributed by atoms with van der Waals surface area (Å²) >= 11 is 0. The van der Waals surface area contributed by atoms with E-state index in [9.17, 15) is 30.8 Å². The average Bonchev–Trinajstić information content (AvgIpc) is 2.58. The Labute approximate surface area is 107 Å². The molecule has 0 spiro atoms. The van der Waals surface area contributed by atoms with Crippen molar-refractivity contribution in [2.45, 2.75) is 37.5 Å². The lowest BCUT2D eigenvalue weighted by Gasteiger charge is -2.15. The van der Waals surface area contributed by atoms with Gasteiger partial charge in [-0.15, -0.1) is 0 Å². The minimum absolute atomic E-state index is 0.0403. The molecule has 10 heteroatoms. The number of esters is 1. The number of halogens is 4. The number of hydrogen-bond acceptors (Lipinski definition) is 5. The van der Waals surface area contributed by atoms with Crippen molar-refractivity contribution >= 4 is 16.1 Å². The molecule has 0 heterocycles. The van der Waals surface area contributed by atoms with E-state index >= 15 is 0 Å². The zero-order valence-electron chi connectivity index (χ0n) is 9.81. The van der Waals surface area contributed by atoms with E-state index in [1.54, 1.807) is 0 Å². The molecule has 0 aromatic heterocycles. The molecule has 0 radical (unpaired) electrons. The second-order valence-electron chi connectivity index (χ2n) is 3.97. The molecule has 1 aliphatic rings. The van der Waals surface area contributed by atoms with Crippen LogP contribution in [-0.4, -0.2) is 38.8 Å². The summed E-state index contributed by atoms with van der Waals surface area (Å²) in [6, 6.07) is 0. The minimum Gasteiger partial charge on any atom is -0.466 e. The summed E-state index contributed by atoms with van der Waals surface area (Å²) in [7, 11) is -5.87. The largest absolute Gasteiger partial charge is 0.523 e. The third kappa shape index (κ3) is 3.78. The van der Waals surface area contributed by atoms with Gasteiger partial charge in [0.15, 0.2) is 0 Å². The van der Waals surface area contributed by atoms with Crippen LogP contribution in [0, 0.1) is 5.92 Å². The molecule has 0 aromatic carbocycles. The first-order valence-corrected chi connectivity index (χ1v) is 6.79. The number of carbonyl (C=O) groups excluding carboxylic acids is 1. The number of hydrogen-bond donors (Lipinski definition) is 0. The van der Waals surface area contributed by atoms with Gasteiger partial charge >= 0.3 is 21.6 Å². The quantitative estimate of drug-likeness (QED) is 0.341. The molecule has 0 unspecified atom stereocenters. The molecule has 1 saturated carbocycles. The van der Waals surface area contributed by atoms with Crippen molar-refractivity contribution in [3.8, 4) is 0 Å². The highest BCUT2D eigenvalue weighted by Crippen LogP contribution is 2.35. The molecule has 19 heavy (non-hydrogen) atoms. The zero-order valence-corrected chi connectivity index (χ0v) is 10.6. The monoisotopic (exact) mass is 308 g/mol. The molecule has 0 N–H and O–H groups in total. The van der Waals surface area contributed by atoms with E-state index in [0.717, 1.165) is 0 Å². The van der Waals surface area contributed by atoms with Crippen LogP contribution in [-0.2, 0) is 23.8 Å². The lowest BCUT2D eigenvalue weighted by molar-refractivity contribution is -0.148. The van der Waals surface area contributed by atoms with Crippen LogP contribution in [0.25, 0.3) is 0 Å². The van der Waals surface area contributed by atoms with Crippen LogP contribution in [0.1, 0.15) is 19.8 Å². The zero-order chi connectivity index (χ0) is 14.8. The molecular formula is C9H12F4O5S. The third-order valence-corrected chi connectivity index (χ3v) is 3.65. The molecule has 1 fully saturated rings. The Bertz CT molecular complexity index is 432. The highest BCUT2D eigenvalue weighted by atomic mass is 32.2. The predicted molar refractivity (Wildman–Crippen MR) is 54.1 cm³/mol. The van der Waals surface area contributed by atoms with Gasteiger partial charge in [-0.3, -0.25) is 8.98 Å². The summed E-state index contributed by atoms with van der Waals surface area (Å²) in [6.07, 6.45) is -4.67. The Hall–Kier alpha value is -0.900. The molecule has 5 nitrogen and oxygen atoms in total. The van der Waals surface area contributed by atoms with Crippen LogP contribution >= 0.6 is 0 Å². The standard InChI is InChI=1S/C9H12F4O5S/c1-2-17-8(14)5-3-6(10)7(4-5)18-19(15,16)9(11,12)13/h5-7H,2-4H2,1H3/t5-,6-,7-/m1/s1. The molecule has 0 saturated heterocycles. The molecule has 0 aromatic rings. The van der Waals surface area contributed by atoms with Crippen molar-refractivity contribution in [3.05, 3.63) is 0 Å². The van der Waals surface area contributed by atoms with Crippen LogP contribution in [0.2, 0.25) is 0 Å². The fourth-order valence-corrected chi connectivity index (χ4v) is 2.35. The van der Waals surface area contributed by atoms with E-state index in [-0.39, 0.29) is 6.61 Å². The smallest absolute Gasteiger partial charge is 0.466 e. The first-order chi connectivity index (χ1) is 8.58. The summed E-state index contributed by atoms with van der Waals surface area (Å²) in [5, 5.41) is 0. The minimum atomic E-state index is -5.87.